The third-order valence-corrected chi connectivity index (χ3v) is 5.80. The smallest absolute Gasteiger partial charge is 0.252 e. The number of nitrogens with one attached hydrogen (secondary N) is 1. The lowest BCUT2D eigenvalue weighted by Crippen LogP contribution is -2.28. The van der Waals surface area contributed by atoms with Crippen molar-refractivity contribution in [3.05, 3.63) is 75.7 Å². The van der Waals surface area contributed by atoms with E-state index in [1.165, 1.54) is 0 Å². The molecule has 4 heterocycles. The summed E-state index contributed by atoms with van der Waals surface area (Å²) in [5, 5.41) is 13.3. The van der Waals surface area contributed by atoms with Gasteiger partial charge in [0.05, 0.1) is 32.0 Å². The molecule has 1 aromatic carbocycles. The standard InChI is InChI=1S/C23H26N6O3/c1-16-6-7-21-17(10-16)11-18(23(30)24-21)12-28(13-19-4-2-8-31-19)15-22-25-26-27-29(22)14-20-5-3-9-32-20/h2,4,6-8,10-11,20H,3,5,9,12-15H2,1H3,(H,24,30)/t20-/m0/s1. The van der Waals surface area contributed by atoms with Gasteiger partial charge >= 0.3 is 0 Å². The lowest BCUT2D eigenvalue weighted by Gasteiger charge is -2.21. The van der Waals surface area contributed by atoms with Crippen molar-refractivity contribution < 1.29 is 9.15 Å². The maximum atomic E-state index is 12.8. The molecule has 32 heavy (non-hydrogen) atoms. The highest BCUT2D eigenvalue weighted by Gasteiger charge is 2.21. The van der Waals surface area contributed by atoms with Crippen LogP contribution in [-0.2, 0) is 30.9 Å². The summed E-state index contributed by atoms with van der Waals surface area (Å²) in [5.41, 5.74) is 2.58. The van der Waals surface area contributed by atoms with E-state index in [0.29, 0.717) is 31.7 Å². The number of hydrogen-bond acceptors (Lipinski definition) is 7. The molecule has 9 nitrogen and oxygen atoms in total. The van der Waals surface area contributed by atoms with E-state index < -0.39 is 0 Å². The third-order valence-electron chi connectivity index (χ3n) is 5.80. The second-order valence-electron chi connectivity index (χ2n) is 8.35. The highest BCUT2D eigenvalue weighted by Crippen LogP contribution is 2.18. The zero-order chi connectivity index (χ0) is 21.9. The quantitative estimate of drug-likeness (QED) is 0.455. The first-order valence-corrected chi connectivity index (χ1v) is 10.9. The fourth-order valence-corrected chi connectivity index (χ4v) is 4.18. The van der Waals surface area contributed by atoms with E-state index in [9.17, 15) is 4.79 Å². The molecular weight excluding hydrogens is 408 g/mol. The van der Waals surface area contributed by atoms with Crippen LogP contribution in [0.5, 0.6) is 0 Å². The van der Waals surface area contributed by atoms with E-state index in [-0.39, 0.29) is 11.7 Å². The number of ether oxygens (including phenoxy) is 1. The first-order valence-electron chi connectivity index (χ1n) is 10.9. The number of H-pyrrole nitrogens is 1. The second-order valence-corrected chi connectivity index (χ2v) is 8.35. The average molecular weight is 435 g/mol. The van der Waals surface area contributed by atoms with Crippen LogP contribution in [0.2, 0.25) is 0 Å². The number of aryl methyl sites for hydroxylation is 1. The number of pyridine rings is 1. The van der Waals surface area contributed by atoms with Crippen molar-refractivity contribution in [2.45, 2.75) is 52.0 Å². The number of benzene rings is 1. The summed E-state index contributed by atoms with van der Waals surface area (Å²) in [7, 11) is 0. The van der Waals surface area contributed by atoms with Crippen LogP contribution in [0, 0.1) is 6.92 Å². The lowest BCUT2D eigenvalue weighted by atomic mass is 10.1. The van der Waals surface area contributed by atoms with Crippen LogP contribution in [0.3, 0.4) is 0 Å². The fourth-order valence-electron chi connectivity index (χ4n) is 4.18. The molecule has 0 radical (unpaired) electrons. The first-order chi connectivity index (χ1) is 15.6. The summed E-state index contributed by atoms with van der Waals surface area (Å²) in [6, 6.07) is 11.8. The van der Waals surface area contributed by atoms with Crippen LogP contribution in [0.15, 0.2) is 51.9 Å². The Morgan fingerprint density at radius 2 is 2.16 bits per heavy atom. The van der Waals surface area contributed by atoms with Crippen molar-refractivity contribution in [2.75, 3.05) is 6.61 Å². The van der Waals surface area contributed by atoms with E-state index in [1.54, 1.807) is 10.9 Å². The van der Waals surface area contributed by atoms with E-state index >= 15 is 0 Å². The molecule has 1 aliphatic heterocycles. The number of rotatable bonds is 8. The van der Waals surface area contributed by atoms with Crippen molar-refractivity contribution in [3.63, 3.8) is 0 Å². The summed E-state index contributed by atoms with van der Waals surface area (Å²) in [4.78, 5) is 17.9. The molecule has 0 amide bonds. The van der Waals surface area contributed by atoms with Crippen molar-refractivity contribution in [1.29, 1.82) is 0 Å². The number of aromatic amines is 1. The van der Waals surface area contributed by atoms with Crippen LogP contribution in [-0.4, -0.2) is 42.8 Å². The van der Waals surface area contributed by atoms with Gasteiger partial charge in [0.25, 0.3) is 5.56 Å². The largest absolute Gasteiger partial charge is 0.468 e. The van der Waals surface area contributed by atoms with Gasteiger partial charge in [0.1, 0.15) is 5.76 Å². The maximum absolute atomic E-state index is 12.8. The number of fused-ring (bicyclic) bond motifs is 1. The normalized spacial score (nSPS) is 16.4. The topological polar surface area (TPSA) is 102 Å². The SMILES string of the molecule is Cc1ccc2[nH]c(=O)c(CN(Cc3ccco3)Cc3nnnn3C[C@@H]3CCCO3)cc2c1. The van der Waals surface area contributed by atoms with E-state index in [0.717, 1.165) is 47.5 Å². The van der Waals surface area contributed by atoms with E-state index in [1.807, 2.05) is 37.3 Å². The van der Waals surface area contributed by atoms with Crippen LogP contribution < -0.4 is 5.56 Å². The number of nitrogens with zero attached hydrogens (tertiary/aromatic N) is 5. The highest BCUT2D eigenvalue weighted by atomic mass is 16.5. The molecule has 0 spiro atoms. The Balaban J connectivity index is 1.41. The molecule has 3 aromatic heterocycles. The molecule has 0 aliphatic carbocycles. The predicted molar refractivity (Wildman–Crippen MR) is 118 cm³/mol. The molecule has 5 rings (SSSR count). The van der Waals surface area contributed by atoms with Crippen LogP contribution in [0.25, 0.3) is 10.9 Å². The van der Waals surface area contributed by atoms with Gasteiger partial charge in [0.15, 0.2) is 5.82 Å². The van der Waals surface area contributed by atoms with Gasteiger partial charge in [-0.1, -0.05) is 11.6 Å². The minimum atomic E-state index is -0.0928. The van der Waals surface area contributed by atoms with Crippen molar-refractivity contribution in [1.82, 2.24) is 30.1 Å². The molecular formula is C23H26N6O3. The van der Waals surface area contributed by atoms with Crippen molar-refractivity contribution >= 4 is 10.9 Å². The van der Waals surface area contributed by atoms with Gasteiger partial charge < -0.3 is 14.1 Å². The van der Waals surface area contributed by atoms with E-state index in [4.69, 9.17) is 9.15 Å². The molecule has 1 fully saturated rings. The summed E-state index contributed by atoms with van der Waals surface area (Å²) >= 11 is 0. The van der Waals surface area contributed by atoms with Crippen LogP contribution >= 0.6 is 0 Å². The Morgan fingerprint density at radius 3 is 2.97 bits per heavy atom. The second kappa shape index (κ2) is 9.05. The van der Waals surface area contributed by atoms with Gasteiger partial charge in [-0.2, -0.15) is 0 Å². The van der Waals surface area contributed by atoms with Crippen LogP contribution in [0.1, 0.15) is 35.6 Å². The predicted octanol–water partition coefficient (Wildman–Crippen LogP) is 2.80. The highest BCUT2D eigenvalue weighted by molar-refractivity contribution is 5.79. The van der Waals surface area contributed by atoms with E-state index in [2.05, 4.69) is 31.5 Å². The monoisotopic (exact) mass is 434 g/mol. The summed E-state index contributed by atoms with van der Waals surface area (Å²) in [6.07, 6.45) is 3.88. The van der Waals surface area contributed by atoms with Crippen LogP contribution in [0.4, 0.5) is 0 Å². The molecule has 1 aliphatic rings. The first kappa shape index (κ1) is 20.6. The Bertz CT molecular complexity index is 1240. The Hall–Kier alpha value is -3.30. The maximum Gasteiger partial charge on any atom is 0.252 e. The number of aromatic nitrogens is 5. The van der Waals surface area contributed by atoms with Gasteiger partial charge in [-0.15, -0.1) is 5.10 Å². The van der Waals surface area contributed by atoms with Gasteiger partial charge in [-0.05, 0) is 65.9 Å². The molecule has 1 saturated heterocycles. The number of furan rings is 1. The Morgan fingerprint density at radius 1 is 1.22 bits per heavy atom. The zero-order valence-corrected chi connectivity index (χ0v) is 18.0. The van der Waals surface area contributed by atoms with Gasteiger partial charge in [0, 0.05) is 24.2 Å². The van der Waals surface area contributed by atoms with Gasteiger partial charge in [0.2, 0.25) is 0 Å². The molecule has 1 N–H and O–H groups in total. The average Bonchev–Trinajstić information content (AvgIpc) is 3.54. The number of hydrogen-bond donors (Lipinski definition) is 1. The summed E-state index contributed by atoms with van der Waals surface area (Å²) in [6.45, 7) is 4.91. The van der Waals surface area contributed by atoms with Gasteiger partial charge in [-0.3, -0.25) is 9.69 Å². The molecule has 1 atom stereocenters. The van der Waals surface area contributed by atoms with Gasteiger partial charge in [-0.25, -0.2) is 4.68 Å². The molecule has 9 heteroatoms. The third kappa shape index (κ3) is 4.63. The minimum Gasteiger partial charge on any atom is -0.468 e. The molecule has 4 aromatic rings. The van der Waals surface area contributed by atoms with Crippen molar-refractivity contribution in [3.8, 4) is 0 Å². The molecule has 0 bridgehead atoms. The Kier molecular flexibility index (Phi) is 5.83. The molecule has 0 unspecified atom stereocenters. The number of tetrazole rings is 1. The summed E-state index contributed by atoms with van der Waals surface area (Å²) in [5.74, 6) is 1.55. The molecule has 166 valence electrons. The molecule has 0 saturated carbocycles. The van der Waals surface area contributed by atoms with Crippen molar-refractivity contribution in [2.24, 2.45) is 0 Å². The summed E-state index contributed by atoms with van der Waals surface area (Å²) < 4.78 is 13.1. The fraction of sp³-hybridized carbons (Fsp3) is 0.391. The minimum absolute atomic E-state index is 0.0928. The zero-order valence-electron chi connectivity index (χ0n) is 18.0. The Labute approximate surface area is 185 Å². The lowest BCUT2D eigenvalue weighted by molar-refractivity contribution is 0.0913.